The highest BCUT2D eigenvalue weighted by molar-refractivity contribution is 5.96. The fourth-order valence-corrected chi connectivity index (χ4v) is 3.39. The van der Waals surface area contributed by atoms with Crippen LogP contribution in [0.15, 0.2) is 24.3 Å². The van der Waals surface area contributed by atoms with Gasteiger partial charge in [-0.15, -0.1) is 12.4 Å². The molecule has 2 aliphatic rings. The topological polar surface area (TPSA) is 32.3 Å². The lowest BCUT2D eigenvalue weighted by Gasteiger charge is -2.33. The van der Waals surface area contributed by atoms with Gasteiger partial charge in [-0.1, -0.05) is 18.2 Å². The number of likely N-dealkylation sites (tertiary alicyclic amines) is 1. The van der Waals surface area contributed by atoms with E-state index in [-0.39, 0.29) is 44.2 Å². The van der Waals surface area contributed by atoms with E-state index in [1.54, 1.807) is 4.90 Å². The Kier molecular flexibility index (Phi) is 5.98. The van der Waals surface area contributed by atoms with Crippen LogP contribution in [-0.2, 0) is 0 Å². The fourth-order valence-electron chi connectivity index (χ4n) is 3.39. The van der Waals surface area contributed by atoms with E-state index >= 15 is 0 Å². The maximum atomic E-state index is 13.3. The van der Waals surface area contributed by atoms with E-state index in [4.69, 9.17) is 0 Å². The maximum Gasteiger partial charge on any atom is 0.254 e. The van der Waals surface area contributed by atoms with E-state index in [0.717, 1.165) is 31.5 Å². The Morgan fingerprint density at radius 2 is 1.74 bits per heavy atom. The summed E-state index contributed by atoms with van der Waals surface area (Å²) in [5, 5.41) is 3.33. The minimum absolute atomic E-state index is 0. The summed E-state index contributed by atoms with van der Waals surface area (Å²) in [6, 6.07) is 7.67. The minimum Gasteiger partial charge on any atom is -0.338 e. The van der Waals surface area contributed by atoms with Gasteiger partial charge in [0.25, 0.3) is 11.8 Å². The Morgan fingerprint density at radius 3 is 2.39 bits per heavy atom. The third-order valence-corrected chi connectivity index (χ3v) is 4.75. The van der Waals surface area contributed by atoms with Crippen molar-refractivity contribution in [2.24, 2.45) is 0 Å². The molecule has 0 bridgehead atoms. The first-order chi connectivity index (χ1) is 10.6. The van der Waals surface area contributed by atoms with E-state index < -0.39 is 5.92 Å². The van der Waals surface area contributed by atoms with Gasteiger partial charge >= 0.3 is 0 Å². The predicted octanol–water partition coefficient (Wildman–Crippen LogP) is 3.45. The molecule has 6 heteroatoms. The molecule has 0 aromatic heterocycles. The van der Waals surface area contributed by atoms with Crippen LogP contribution in [0.2, 0.25) is 0 Å². The SMILES string of the molecule is Cl.O=C(c1ccccc1C1CCNCC1)N1CCC(F)(F)CC1. The van der Waals surface area contributed by atoms with Gasteiger partial charge in [0.1, 0.15) is 0 Å². The maximum absolute atomic E-state index is 13.3. The van der Waals surface area contributed by atoms with Gasteiger partial charge in [0, 0.05) is 31.5 Å². The van der Waals surface area contributed by atoms with Gasteiger partial charge in [0.2, 0.25) is 0 Å². The van der Waals surface area contributed by atoms with Crippen molar-refractivity contribution in [2.45, 2.75) is 37.5 Å². The number of piperidine rings is 2. The molecule has 1 amide bonds. The van der Waals surface area contributed by atoms with Crippen molar-refractivity contribution in [1.82, 2.24) is 10.2 Å². The first kappa shape index (κ1) is 18.1. The lowest BCUT2D eigenvalue weighted by atomic mass is 9.86. The zero-order chi connectivity index (χ0) is 15.6. The van der Waals surface area contributed by atoms with Crippen LogP contribution < -0.4 is 5.32 Å². The van der Waals surface area contributed by atoms with Crippen LogP contribution in [0.4, 0.5) is 8.78 Å². The number of alkyl halides is 2. The van der Waals surface area contributed by atoms with Gasteiger partial charge < -0.3 is 10.2 Å². The highest BCUT2D eigenvalue weighted by Gasteiger charge is 2.36. The number of carbonyl (C=O) groups excluding carboxylic acids is 1. The molecular formula is C17H23ClF2N2O. The van der Waals surface area contributed by atoms with Gasteiger partial charge in [0.05, 0.1) is 0 Å². The molecule has 23 heavy (non-hydrogen) atoms. The Labute approximate surface area is 141 Å². The molecule has 0 saturated carbocycles. The Morgan fingerprint density at radius 1 is 1.13 bits per heavy atom. The fraction of sp³-hybridized carbons (Fsp3) is 0.588. The van der Waals surface area contributed by atoms with E-state index in [9.17, 15) is 13.6 Å². The average Bonchev–Trinajstić information content (AvgIpc) is 2.55. The average molecular weight is 345 g/mol. The highest BCUT2D eigenvalue weighted by Crippen LogP contribution is 2.31. The molecule has 0 spiro atoms. The van der Waals surface area contributed by atoms with Gasteiger partial charge in [-0.2, -0.15) is 0 Å². The lowest BCUT2D eigenvalue weighted by Crippen LogP contribution is -2.43. The molecule has 2 heterocycles. The summed E-state index contributed by atoms with van der Waals surface area (Å²) >= 11 is 0. The molecule has 2 aliphatic heterocycles. The van der Waals surface area contributed by atoms with Crippen molar-refractivity contribution in [3.8, 4) is 0 Å². The molecule has 2 fully saturated rings. The van der Waals surface area contributed by atoms with Gasteiger partial charge in [0.15, 0.2) is 0 Å². The molecule has 2 saturated heterocycles. The standard InChI is InChI=1S/C17H22F2N2O.ClH/c18-17(19)7-11-21(12-8-17)16(22)15-4-2-1-3-14(15)13-5-9-20-10-6-13;/h1-4,13,20H,5-12H2;1H. The van der Waals surface area contributed by atoms with Crippen LogP contribution in [0.25, 0.3) is 0 Å². The number of halogens is 3. The predicted molar refractivity (Wildman–Crippen MR) is 88.6 cm³/mol. The summed E-state index contributed by atoms with van der Waals surface area (Å²) in [5.74, 6) is -2.33. The van der Waals surface area contributed by atoms with Crippen LogP contribution >= 0.6 is 12.4 Å². The molecular weight excluding hydrogens is 322 g/mol. The molecule has 128 valence electrons. The molecule has 0 atom stereocenters. The largest absolute Gasteiger partial charge is 0.338 e. The summed E-state index contributed by atoms with van der Waals surface area (Å²) in [6.07, 6.45) is 1.58. The summed E-state index contributed by atoms with van der Waals surface area (Å²) in [6.45, 7) is 2.21. The van der Waals surface area contributed by atoms with Crippen molar-refractivity contribution >= 4 is 18.3 Å². The van der Waals surface area contributed by atoms with Crippen molar-refractivity contribution in [3.63, 3.8) is 0 Å². The van der Waals surface area contributed by atoms with Crippen molar-refractivity contribution in [3.05, 3.63) is 35.4 Å². The summed E-state index contributed by atoms with van der Waals surface area (Å²) < 4.78 is 26.5. The zero-order valence-electron chi connectivity index (χ0n) is 13.1. The normalized spacial score (nSPS) is 21.6. The molecule has 0 radical (unpaired) electrons. The quantitative estimate of drug-likeness (QED) is 0.891. The van der Waals surface area contributed by atoms with Crippen molar-refractivity contribution < 1.29 is 13.6 Å². The lowest BCUT2D eigenvalue weighted by molar-refractivity contribution is -0.0494. The number of amides is 1. The third kappa shape index (κ3) is 4.21. The number of rotatable bonds is 2. The van der Waals surface area contributed by atoms with Gasteiger partial charge in [-0.05, 0) is 43.5 Å². The molecule has 0 aliphatic carbocycles. The van der Waals surface area contributed by atoms with Crippen molar-refractivity contribution in [1.29, 1.82) is 0 Å². The monoisotopic (exact) mass is 344 g/mol. The zero-order valence-corrected chi connectivity index (χ0v) is 13.9. The van der Waals surface area contributed by atoms with Crippen LogP contribution in [0.1, 0.15) is 47.5 Å². The summed E-state index contributed by atoms with van der Waals surface area (Å²) in [5.41, 5.74) is 1.77. The second kappa shape index (κ2) is 7.58. The van der Waals surface area contributed by atoms with E-state index in [2.05, 4.69) is 5.32 Å². The smallest absolute Gasteiger partial charge is 0.254 e. The number of nitrogens with one attached hydrogen (secondary N) is 1. The Balaban J connectivity index is 0.00000192. The van der Waals surface area contributed by atoms with Crippen LogP contribution in [-0.4, -0.2) is 42.9 Å². The first-order valence-corrected chi connectivity index (χ1v) is 8.03. The molecule has 3 nitrogen and oxygen atoms in total. The summed E-state index contributed by atoms with van der Waals surface area (Å²) in [4.78, 5) is 14.3. The highest BCUT2D eigenvalue weighted by atomic mass is 35.5. The van der Waals surface area contributed by atoms with Crippen LogP contribution in [0, 0.1) is 0 Å². The molecule has 0 unspecified atom stereocenters. The molecule has 1 aromatic carbocycles. The number of hydrogen-bond acceptors (Lipinski definition) is 2. The number of benzene rings is 1. The van der Waals surface area contributed by atoms with Gasteiger partial charge in [-0.25, -0.2) is 8.78 Å². The van der Waals surface area contributed by atoms with Gasteiger partial charge in [-0.3, -0.25) is 4.79 Å². The minimum atomic E-state index is -2.62. The van der Waals surface area contributed by atoms with Crippen LogP contribution in [0.5, 0.6) is 0 Å². The Bertz CT molecular complexity index is 537. The molecule has 1 aromatic rings. The third-order valence-electron chi connectivity index (χ3n) is 4.75. The van der Waals surface area contributed by atoms with E-state index in [0.29, 0.717) is 11.5 Å². The van der Waals surface area contributed by atoms with E-state index in [1.165, 1.54) is 0 Å². The summed E-state index contributed by atoms with van der Waals surface area (Å²) in [7, 11) is 0. The Hall–Kier alpha value is -1.20. The number of hydrogen-bond donors (Lipinski definition) is 1. The molecule has 1 N–H and O–H groups in total. The van der Waals surface area contributed by atoms with Crippen molar-refractivity contribution in [2.75, 3.05) is 26.2 Å². The van der Waals surface area contributed by atoms with Crippen LogP contribution in [0.3, 0.4) is 0 Å². The number of carbonyl (C=O) groups is 1. The molecule has 3 rings (SSSR count). The second-order valence-corrected chi connectivity index (χ2v) is 6.26. The first-order valence-electron chi connectivity index (χ1n) is 8.03. The second-order valence-electron chi connectivity index (χ2n) is 6.26. The number of nitrogens with zero attached hydrogens (tertiary/aromatic N) is 1. The van der Waals surface area contributed by atoms with E-state index in [1.807, 2.05) is 24.3 Å².